The van der Waals surface area contributed by atoms with E-state index in [2.05, 4.69) is 27.1 Å². The maximum absolute atomic E-state index is 8.91. The molecule has 1 aromatic heterocycles. The number of hydrogen-bond acceptors (Lipinski definition) is 2. The van der Waals surface area contributed by atoms with E-state index < -0.39 is 0 Å². The highest BCUT2D eigenvalue weighted by Crippen LogP contribution is 2.25. The van der Waals surface area contributed by atoms with E-state index >= 15 is 0 Å². The molecule has 0 atom stereocenters. The first kappa shape index (κ1) is 9.22. The summed E-state index contributed by atoms with van der Waals surface area (Å²) in [5.74, 6) is 0. The van der Waals surface area contributed by atoms with Crippen molar-refractivity contribution in [1.82, 2.24) is 9.78 Å². The summed E-state index contributed by atoms with van der Waals surface area (Å²) in [7, 11) is 1.84. The lowest BCUT2D eigenvalue weighted by atomic mass is 10.1. The normalized spacial score (nSPS) is 10.4. The number of benzene rings is 1. The molecule has 1 heterocycles. The summed E-state index contributed by atoms with van der Waals surface area (Å²) >= 11 is 3.42. The highest BCUT2D eigenvalue weighted by molar-refractivity contribution is 9.10. The van der Waals surface area contributed by atoms with Gasteiger partial charge in [-0.15, -0.1) is 0 Å². The SMILES string of the molecule is Cc1cc(Br)cc2c1c(C#N)nn2C. The van der Waals surface area contributed by atoms with Gasteiger partial charge in [-0.1, -0.05) is 15.9 Å². The van der Waals surface area contributed by atoms with Gasteiger partial charge in [0.15, 0.2) is 5.69 Å². The van der Waals surface area contributed by atoms with Gasteiger partial charge in [-0.25, -0.2) is 0 Å². The average Bonchev–Trinajstić information content (AvgIpc) is 2.43. The van der Waals surface area contributed by atoms with E-state index in [-0.39, 0.29) is 0 Å². The Labute approximate surface area is 90.1 Å². The Morgan fingerprint density at radius 1 is 1.50 bits per heavy atom. The number of nitriles is 1. The fourth-order valence-corrected chi connectivity index (χ4v) is 2.18. The average molecular weight is 250 g/mol. The van der Waals surface area contributed by atoms with E-state index in [1.54, 1.807) is 4.68 Å². The Balaban J connectivity index is 2.98. The smallest absolute Gasteiger partial charge is 0.170 e. The van der Waals surface area contributed by atoms with Crippen LogP contribution >= 0.6 is 15.9 Å². The van der Waals surface area contributed by atoms with Crippen LogP contribution in [0, 0.1) is 18.3 Å². The van der Waals surface area contributed by atoms with Crippen molar-refractivity contribution in [3.8, 4) is 6.07 Å². The second kappa shape index (κ2) is 3.10. The zero-order chi connectivity index (χ0) is 10.3. The van der Waals surface area contributed by atoms with E-state index in [1.165, 1.54) is 0 Å². The van der Waals surface area contributed by atoms with Crippen LogP contribution in [0.5, 0.6) is 0 Å². The quantitative estimate of drug-likeness (QED) is 0.720. The minimum Gasteiger partial charge on any atom is -0.267 e. The predicted molar refractivity (Wildman–Crippen MR) is 57.9 cm³/mol. The molecule has 0 aliphatic heterocycles. The molecule has 0 bridgehead atoms. The number of nitrogens with zero attached hydrogens (tertiary/aromatic N) is 3. The van der Waals surface area contributed by atoms with Crippen molar-refractivity contribution in [2.75, 3.05) is 0 Å². The molecule has 70 valence electrons. The third-order valence-electron chi connectivity index (χ3n) is 2.22. The zero-order valence-electron chi connectivity index (χ0n) is 7.87. The lowest BCUT2D eigenvalue weighted by Gasteiger charge is -1.98. The second-order valence-corrected chi connectivity index (χ2v) is 4.12. The zero-order valence-corrected chi connectivity index (χ0v) is 9.46. The van der Waals surface area contributed by atoms with Gasteiger partial charge in [0.05, 0.1) is 5.52 Å². The summed E-state index contributed by atoms with van der Waals surface area (Å²) < 4.78 is 2.74. The molecule has 0 aliphatic rings. The van der Waals surface area contributed by atoms with Crippen LogP contribution in [-0.2, 0) is 7.05 Å². The van der Waals surface area contributed by atoms with E-state index in [1.807, 2.05) is 26.1 Å². The molecule has 0 saturated carbocycles. The van der Waals surface area contributed by atoms with Crippen LogP contribution < -0.4 is 0 Å². The molecule has 4 heteroatoms. The lowest BCUT2D eigenvalue weighted by Crippen LogP contribution is -1.89. The molecule has 0 saturated heterocycles. The van der Waals surface area contributed by atoms with E-state index in [4.69, 9.17) is 5.26 Å². The van der Waals surface area contributed by atoms with Gasteiger partial charge in [-0.05, 0) is 24.6 Å². The monoisotopic (exact) mass is 249 g/mol. The summed E-state index contributed by atoms with van der Waals surface area (Å²) in [6.45, 7) is 1.98. The molecule has 0 aliphatic carbocycles. The van der Waals surface area contributed by atoms with Crippen molar-refractivity contribution in [2.45, 2.75) is 6.92 Å². The van der Waals surface area contributed by atoms with Crippen molar-refractivity contribution < 1.29 is 0 Å². The fraction of sp³-hybridized carbons (Fsp3) is 0.200. The summed E-state index contributed by atoms with van der Waals surface area (Å²) in [5.41, 5.74) is 2.54. The summed E-state index contributed by atoms with van der Waals surface area (Å²) in [6, 6.07) is 6.06. The Morgan fingerprint density at radius 2 is 2.21 bits per heavy atom. The maximum atomic E-state index is 8.91. The van der Waals surface area contributed by atoms with E-state index in [0.29, 0.717) is 5.69 Å². The highest BCUT2D eigenvalue weighted by atomic mass is 79.9. The van der Waals surface area contributed by atoms with Gasteiger partial charge in [0, 0.05) is 16.9 Å². The van der Waals surface area contributed by atoms with E-state index in [0.717, 1.165) is 20.9 Å². The fourth-order valence-electron chi connectivity index (χ4n) is 1.62. The van der Waals surface area contributed by atoms with Crippen LogP contribution in [0.1, 0.15) is 11.3 Å². The number of aromatic nitrogens is 2. The summed E-state index contributed by atoms with van der Waals surface area (Å²) in [4.78, 5) is 0. The third kappa shape index (κ3) is 1.21. The molecule has 2 aromatic rings. The Morgan fingerprint density at radius 3 is 2.86 bits per heavy atom. The van der Waals surface area contributed by atoms with Gasteiger partial charge in [0.2, 0.25) is 0 Å². The number of hydrogen-bond donors (Lipinski definition) is 0. The van der Waals surface area contributed by atoms with Gasteiger partial charge < -0.3 is 0 Å². The van der Waals surface area contributed by atoms with Crippen LogP contribution in [0.3, 0.4) is 0 Å². The first-order valence-corrected chi connectivity index (χ1v) is 4.95. The minimum atomic E-state index is 0.493. The predicted octanol–water partition coefficient (Wildman–Crippen LogP) is 2.52. The third-order valence-corrected chi connectivity index (χ3v) is 2.68. The second-order valence-electron chi connectivity index (χ2n) is 3.20. The molecular weight excluding hydrogens is 242 g/mol. The molecule has 0 fully saturated rings. The van der Waals surface area contributed by atoms with Crippen LogP contribution in [0.15, 0.2) is 16.6 Å². The first-order valence-electron chi connectivity index (χ1n) is 4.16. The van der Waals surface area contributed by atoms with Crippen molar-refractivity contribution in [3.05, 3.63) is 27.9 Å². The molecule has 0 N–H and O–H groups in total. The minimum absolute atomic E-state index is 0.493. The molecule has 3 nitrogen and oxygen atoms in total. The molecule has 1 aromatic carbocycles. The molecule has 0 radical (unpaired) electrons. The number of halogens is 1. The van der Waals surface area contributed by atoms with Gasteiger partial charge in [0.25, 0.3) is 0 Å². The Hall–Kier alpha value is -1.34. The van der Waals surface area contributed by atoms with Crippen molar-refractivity contribution in [3.63, 3.8) is 0 Å². The largest absolute Gasteiger partial charge is 0.267 e. The highest BCUT2D eigenvalue weighted by Gasteiger charge is 2.10. The van der Waals surface area contributed by atoms with E-state index in [9.17, 15) is 0 Å². The molecule has 0 spiro atoms. The molecular formula is C10H8BrN3. The van der Waals surface area contributed by atoms with Crippen molar-refractivity contribution in [2.24, 2.45) is 7.05 Å². The van der Waals surface area contributed by atoms with Gasteiger partial charge in [-0.2, -0.15) is 10.4 Å². The van der Waals surface area contributed by atoms with Crippen LogP contribution in [0.25, 0.3) is 10.9 Å². The summed E-state index contributed by atoms with van der Waals surface area (Å²) in [5, 5.41) is 14.0. The van der Waals surface area contributed by atoms with Crippen molar-refractivity contribution >= 4 is 26.8 Å². The van der Waals surface area contributed by atoms with Crippen LogP contribution in [-0.4, -0.2) is 9.78 Å². The van der Waals surface area contributed by atoms with Crippen molar-refractivity contribution in [1.29, 1.82) is 5.26 Å². The van der Waals surface area contributed by atoms with Gasteiger partial charge in [0.1, 0.15) is 6.07 Å². The molecule has 0 amide bonds. The first-order chi connectivity index (χ1) is 6.63. The van der Waals surface area contributed by atoms with Crippen LogP contribution in [0.2, 0.25) is 0 Å². The molecule has 0 unspecified atom stereocenters. The molecule has 14 heavy (non-hydrogen) atoms. The van der Waals surface area contributed by atoms with Gasteiger partial charge >= 0.3 is 0 Å². The lowest BCUT2D eigenvalue weighted by molar-refractivity contribution is 0.791. The summed E-state index contributed by atoms with van der Waals surface area (Å²) in [6.07, 6.45) is 0. The Kier molecular flexibility index (Phi) is 2.05. The van der Waals surface area contributed by atoms with Gasteiger partial charge in [-0.3, -0.25) is 4.68 Å². The number of fused-ring (bicyclic) bond motifs is 1. The number of rotatable bonds is 0. The Bertz CT molecular complexity index is 548. The maximum Gasteiger partial charge on any atom is 0.170 e. The standard InChI is InChI=1S/C10H8BrN3/c1-6-3-7(11)4-9-10(6)8(5-12)13-14(9)2/h3-4H,1-2H3. The van der Waals surface area contributed by atoms with Crippen LogP contribution in [0.4, 0.5) is 0 Å². The topological polar surface area (TPSA) is 41.6 Å². The number of aryl methyl sites for hydroxylation is 2. The molecule has 2 rings (SSSR count).